The molecule has 0 saturated carbocycles. The molecule has 0 aliphatic carbocycles. The molecule has 13 nitrogen and oxygen atoms in total. The monoisotopic (exact) mass is 676 g/mol. The maximum atomic E-state index is 13.0. The summed E-state index contributed by atoms with van der Waals surface area (Å²) in [6.45, 7) is 3.01. The van der Waals surface area contributed by atoms with Gasteiger partial charge in [0.05, 0.1) is 32.5 Å². The van der Waals surface area contributed by atoms with Crippen molar-refractivity contribution in [2.24, 2.45) is 5.10 Å². The molecule has 0 bridgehead atoms. The maximum absolute atomic E-state index is 13.0. The van der Waals surface area contributed by atoms with E-state index in [9.17, 15) is 41.3 Å². The van der Waals surface area contributed by atoms with Crippen molar-refractivity contribution in [1.29, 1.82) is 5.26 Å². The zero-order valence-corrected chi connectivity index (χ0v) is 31.1. The number of hydrazone groups is 1. The molecule has 1 aromatic heterocycles. The molecular weight excluding hydrogens is 655 g/mol. The number of allylic oxidation sites excluding steroid dienone is 2. The van der Waals surface area contributed by atoms with Crippen LogP contribution in [0.2, 0.25) is 0 Å². The SMILES string of the molecule is CC1=NN(c2ccc(S(=O)(=O)O)cc2)C(=O)/C1=C\C=C/c1c(C)c(C#N)c(=O)n(-c2ccc(S(=O)(=O)O)cc2)c1O.[H-].[H-].[K+].[K+]. The van der Waals surface area contributed by atoms with E-state index < -0.39 is 42.5 Å². The largest absolute Gasteiger partial charge is 1.00 e. The van der Waals surface area contributed by atoms with Gasteiger partial charge in [0, 0.05) is 5.56 Å². The maximum Gasteiger partial charge on any atom is 1.00 e. The second-order valence-corrected chi connectivity index (χ2v) is 11.5. The predicted molar refractivity (Wildman–Crippen MR) is 149 cm³/mol. The molecule has 1 aliphatic rings. The zero-order chi connectivity index (χ0) is 30.3. The Kier molecular flexibility index (Phi) is 12.8. The Balaban J connectivity index is 0.00000484. The van der Waals surface area contributed by atoms with Crippen LogP contribution in [-0.4, -0.2) is 47.2 Å². The number of nitriles is 1. The molecule has 2 heterocycles. The topological polar surface area (TPSA) is 207 Å². The second kappa shape index (κ2) is 14.7. The number of aromatic nitrogens is 1. The molecule has 43 heavy (non-hydrogen) atoms. The van der Waals surface area contributed by atoms with Crippen molar-refractivity contribution in [3.05, 3.63) is 93.3 Å². The first kappa shape index (κ1) is 37.6. The van der Waals surface area contributed by atoms with Crippen molar-refractivity contribution in [2.75, 3.05) is 5.01 Å². The third-order valence-electron chi connectivity index (χ3n) is 6.12. The fourth-order valence-corrected chi connectivity index (χ4v) is 4.97. The Morgan fingerprint density at radius 2 is 1.37 bits per heavy atom. The summed E-state index contributed by atoms with van der Waals surface area (Å²) in [6.07, 6.45) is 4.16. The Labute approximate surface area is 334 Å². The van der Waals surface area contributed by atoms with Crippen LogP contribution >= 0.6 is 0 Å². The molecule has 214 valence electrons. The van der Waals surface area contributed by atoms with Crippen LogP contribution in [-0.2, 0) is 25.0 Å². The fourth-order valence-electron chi connectivity index (χ4n) is 4.01. The van der Waals surface area contributed by atoms with Crippen LogP contribution in [0.25, 0.3) is 11.8 Å². The van der Waals surface area contributed by atoms with Crippen molar-refractivity contribution < 1.29 is 141 Å². The van der Waals surface area contributed by atoms with Crippen LogP contribution in [0, 0.1) is 18.3 Å². The van der Waals surface area contributed by atoms with E-state index in [1.54, 1.807) is 13.0 Å². The molecule has 0 saturated heterocycles. The van der Waals surface area contributed by atoms with Gasteiger partial charge in [-0.05, 0) is 80.1 Å². The number of rotatable bonds is 6. The van der Waals surface area contributed by atoms with E-state index in [0.717, 1.165) is 33.8 Å². The van der Waals surface area contributed by atoms with E-state index in [1.165, 1.54) is 49.4 Å². The number of hydrogen-bond donors (Lipinski definition) is 3. The molecule has 0 spiro atoms. The van der Waals surface area contributed by atoms with Gasteiger partial charge in [-0.25, -0.2) is 4.57 Å². The van der Waals surface area contributed by atoms with E-state index in [-0.39, 0.29) is 144 Å². The number of carbonyl (C=O) groups excluding carboxylic acids is 1. The van der Waals surface area contributed by atoms with Crippen molar-refractivity contribution in [1.82, 2.24) is 4.57 Å². The standard InChI is InChI=1S/C26H20N4O9S2.2K.2H/c1-15-21(24(31)29(25(32)23(15)14-27)17-6-10-19(11-7-17)40(34,35)36)4-3-5-22-16(2)28-30(26(22)33)18-8-12-20(13-9-18)41(37,38)39;;;;/h3-13,31H,1-2H3,(H,34,35,36)(H,37,38,39);;;;/q;2*+1;2*-1/b4-3-,22-5-;;;;. The van der Waals surface area contributed by atoms with Gasteiger partial charge in [0.25, 0.3) is 31.7 Å². The number of aromatic hydroxyl groups is 1. The van der Waals surface area contributed by atoms with E-state index in [1.807, 2.05) is 0 Å². The van der Waals surface area contributed by atoms with Gasteiger partial charge < -0.3 is 7.96 Å². The van der Waals surface area contributed by atoms with Gasteiger partial charge in [0.1, 0.15) is 11.6 Å². The minimum Gasteiger partial charge on any atom is -1.00 e. The van der Waals surface area contributed by atoms with Gasteiger partial charge >= 0.3 is 103 Å². The third-order valence-corrected chi connectivity index (χ3v) is 7.86. The van der Waals surface area contributed by atoms with E-state index in [2.05, 4.69) is 5.10 Å². The molecule has 0 atom stereocenters. The summed E-state index contributed by atoms with van der Waals surface area (Å²) in [4.78, 5) is 25.2. The number of nitrogens with zero attached hydrogens (tertiary/aromatic N) is 4. The summed E-state index contributed by atoms with van der Waals surface area (Å²) in [5, 5.41) is 25.8. The summed E-state index contributed by atoms with van der Waals surface area (Å²) < 4.78 is 64.4. The average Bonchev–Trinajstić information content (AvgIpc) is 3.18. The van der Waals surface area contributed by atoms with E-state index >= 15 is 0 Å². The Hall–Kier alpha value is -1.61. The minimum absolute atomic E-state index is 0. The van der Waals surface area contributed by atoms with E-state index in [0.29, 0.717) is 5.71 Å². The van der Waals surface area contributed by atoms with Crippen molar-refractivity contribution in [3.63, 3.8) is 0 Å². The third kappa shape index (κ3) is 7.98. The van der Waals surface area contributed by atoms with Gasteiger partial charge in [-0.1, -0.05) is 6.08 Å². The molecule has 0 unspecified atom stereocenters. The number of carbonyl (C=O) groups is 1. The van der Waals surface area contributed by atoms with Crippen LogP contribution in [0.5, 0.6) is 5.88 Å². The Morgan fingerprint density at radius 1 is 0.884 bits per heavy atom. The van der Waals surface area contributed by atoms with Crippen LogP contribution in [0.1, 0.15) is 26.5 Å². The molecular formula is C26H22K2N4O9S2. The molecule has 2 aromatic carbocycles. The predicted octanol–water partition coefficient (Wildman–Crippen LogP) is -3.19. The summed E-state index contributed by atoms with van der Waals surface area (Å²) in [5.41, 5.74) is -0.186. The first-order valence-corrected chi connectivity index (χ1v) is 14.4. The number of hydrogen-bond acceptors (Lipinski definition) is 9. The van der Waals surface area contributed by atoms with Crippen LogP contribution in [0.3, 0.4) is 0 Å². The smallest absolute Gasteiger partial charge is 1.00 e. The Bertz CT molecular complexity index is 2020. The minimum atomic E-state index is -4.50. The van der Waals surface area contributed by atoms with Gasteiger partial charge in [-0.2, -0.15) is 32.2 Å². The van der Waals surface area contributed by atoms with Crippen molar-refractivity contribution in [3.8, 4) is 17.6 Å². The van der Waals surface area contributed by atoms with Crippen molar-refractivity contribution in [2.45, 2.75) is 23.6 Å². The van der Waals surface area contributed by atoms with Gasteiger partial charge in [-0.15, -0.1) is 0 Å². The molecule has 17 heteroatoms. The molecule has 4 rings (SSSR count). The first-order valence-electron chi connectivity index (χ1n) is 11.5. The number of benzene rings is 2. The molecule has 3 aromatic rings. The van der Waals surface area contributed by atoms with Crippen LogP contribution in [0.4, 0.5) is 5.69 Å². The van der Waals surface area contributed by atoms with Gasteiger partial charge in [0.15, 0.2) is 0 Å². The summed E-state index contributed by atoms with van der Waals surface area (Å²) in [7, 11) is -8.92. The molecule has 1 amide bonds. The number of anilines is 1. The van der Waals surface area contributed by atoms with Crippen LogP contribution in [0.15, 0.2) is 85.9 Å². The number of pyridine rings is 1. The molecule has 3 N–H and O–H groups in total. The Morgan fingerprint density at radius 3 is 1.84 bits per heavy atom. The van der Waals surface area contributed by atoms with Gasteiger partial charge in [0.2, 0.25) is 5.88 Å². The quantitative estimate of drug-likeness (QED) is 0.135. The number of amides is 1. The molecule has 0 fully saturated rings. The first-order chi connectivity index (χ1) is 19.1. The zero-order valence-electron chi connectivity index (χ0n) is 25.2. The summed E-state index contributed by atoms with van der Waals surface area (Å²) >= 11 is 0. The second-order valence-electron chi connectivity index (χ2n) is 8.67. The van der Waals surface area contributed by atoms with Gasteiger partial charge in [-0.3, -0.25) is 18.7 Å². The van der Waals surface area contributed by atoms with Crippen molar-refractivity contribution >= 4 is 43.6 Å². The fraction of sp³-hybridized carbons (Fsp3) is 0.0769. The summed E-state index contributed by atoms with van der Waals surface area (Å²) in [6, 6.07) is 11.0. The average molecular weight is 677 g/mol. The van der Waals surface area contributed by atoms with Crippen LogP contribution < -0.4 is 113 Å². The van der Waals surface area contributed by atoms with E-state index in [4.69, 9.17) is 4.55 Å². The summed E-state index contributed by atoms with van der Waals surface area (Å²) in [5.74, 6) is -1.11. The molecule has 1 aliphatic heterocycles. The molecule has 0 radical (unpaired) electrons. The normalized spacial score (nSPS) is 14.3.